The van der Waals surface area contributed by atoms with Gasteiger partial charge in [0.05, 0.1) is 11.5 Å². The van der Waals surface area contributed by atoms with Crippen LogP contribution < -0.4 is 0 Å². The molecule has 1 aliphatic rings. The van der Waals surface area contributed by atoms with Crippen LogP contribution in [0.15, 0.2) is 10.3 Å². The van der Waals surface area contributed by atoms with E-state index in [-0.39, 0.29) is 6.61 Å². The van der Waals surface area contributed by atoms with Crippen molar-refractivity contribution in [1.82, 2.24) is 9.21 Å². The summed E-state index contributed by atoms with van der Waals surface area (Å²) in [6.07, 6.45) is 0. The van der Waals surface area contributed by atoms with Gasteiger partial charge in [-0.3, -0.25) is 0 Å². The summed E-state index contributed by atoms with van der Waals surface area (Å²) in [6.45, 7) is 7.19. The van der Waals surface area contributed by atoms with Gasteiger partial charge in [0, 0.05) is 26.2 Å². The molecule has 1 aliphatic heterocycles. The number of aliphatic hydroxyl groups excluding tert-OH is 1. The lowest BCUT2D eigenvalue weighted by molar-refractivity contribution is 0.196. The summed E-state index contributed by atoms with van der Waals surface area (Å²) in [5.41, 5.74) is 0.729. The van der Waals surface area contributed by atoms with Gasteiger partial charge in [0.1, 0.15) is 4.90 Å². The smallest absolute Gasteiger partial charge is 0.244 e. The average Bonchev–Trinajstić information content (AvgIpc) is 2.80. The van der Waals surface area contributed by atoms with Gasteiger partial charge in [-0.25, -0.2) is 8.42 Å². The van der Waals surface area contributed by atoms with Gasteiger partial charge in [-0.15, -0.1) is 11.3 Å². The minimum absolute atomic E-state index is 0.220. The Morgan fingerprint density at radius 1 is 1.32 bits per heavy atom. The standard InChI is InChI=1S/C12H20N2O3S2/c1-3-13-4-6-14(7-5-13)19(16,17)12-10(2)9-18-11(12)8-15/h9,15H,3-8H2,1-2H3. The summed E-state index contributed by atoms with van der Waals surface area (Å²) in [5.74, 6) is 0. The average molecular weight is 304 g/mol. The zero-order valence-electron chi connectivity index (χ0n) is 11.3. The first-order chi connectivity index (χ1) is 9.00. The molecule has 108 valence electrons. The molecular weight excluding hydrogens is 284 g/mol. The molecule has 19 heavy (non-hydrogen) atoms. The van der Waals surface area contributed by atoms with Crippen molar-refractivity contribution in [3.63, 3.8) is 0 Å². The van der Waals surface area contributed by atoms with Crippen LogP contribution >= 0.6 is 11.3 Å². The molecule has 1 aromatic heterocycles. The molecule has 5 nitrogen and oxygen atoms in total. The fourth-order valence-electron chi connectivity index (χ4n) is 2.36. The molecule has 0 aromatic carbocycles. The number of likely N-dealkylation sites (N-methyl/N-ethyl adjacent to an activating group) is 1. The van der Waals surface area contributed by atoms with Crippen LogP contribution in [0.5, 0.6) is 0 Å². The van der Waals surface area contributed by atoms with Gasteiger partial charge >= 0.3 is 0 Å². The molecule has 0 saturated carbocycles. The van der Waals surface area contributed by atoms with E-state index < -0.39 is 10.0 Å². The zero-order valence-corrected chi connectivity index (χ0v) is 12.9. The molecule has 2 heterocycles. The maximum atomic E-state index is 12.6. The van der Waals surface area contributed by atoms with E-state index in [1.54, 1.807) is 12.3 Å². The van der Waals surface area contributed by atoms with E-state index in [1.165, 1.54) is 15.6 Å². The van der Waals surface area contributed by atoms with Crippen molar-refractivity contribution in [2.24, 2.45) is 0 Å². The van der Waals surface area contributed by atoms with Crippen molar-refractivity contribution in [3.05, 3.63) is 15.8 Å². The number of hydrogen-bond donors (Lipinski definition) is 1. The Morgan fingerprint density at radius 2 is 1.95 bits per heavy atom. The van der Waals surface area contributed by atoms with Crippen LogP contribution in [0.2, 0.25) is 0 Å². The fourth-order valence-corrected chi connectivity index (χ4v) is 5.39. The first-order valence-corrected chi connectivity index (χ1v) is 8.73. The van der Waals surface area contributed by atoms with Crippen molar-refractivity contribution in [2.45, 2.75) is 25.3 Å². The lowest BCUT2D eigenvalue weighted by atomic mass is 10.3. The monoisotopic (exact) mass is 304 g/mol. The van der Waals surface area contributed by atoms with Crippen LogP contribution in [-0.2, 0) is 16.6 Å². The summed E-state index contributed by atoms with van der Waals surface area (Å²) in [4.78, 5) is 3.08. The van der Waals surface area contributed by atoms with Crippen LogP contribution in [-0.4, -0.2) is 55.5 Å². The fraction of sp³-hybridized carbons (Fsp3) is 0.667. The maximum Gasteiger partial charge on any atom is 0.244 e. The number of sulfonamides is 1. The van der Waals surface area contributed by atoms with Gasteiger partial charge in [-0.2, -0.15) is 4.31 Å². The highest BCUT2D eigenvalue weighted by Gasteiger charge is 2.31. The van der Waals surface area contributed by atoms with Gasteiger partial charge in [0.15, 0.2) is 0 Å². The predicted molar refractivity (Wildman–Crippen MR) is 75.9 cm³/mol. The van der Waals surface area contributed by atoms with Crippen molar-refractivity contribution in [3.8, 4) is 0 Å². The zero-order chi connectivity index (χ0) is 14.0. The quantitative estimate of drug-likeness (QED) is 0.897. The number of aryl methyl sites for hydroxylation is 1. The molecule has 0 bridgehead atoms. The number of hydrogen-bond acceptors (Lipinski definition) is 5. The Labute approximate surface area is 118 Å². The summed E-state index contributed by atoms with van der Waals surface area (Å²) in [5, 5.41) is 11.1. The first kappa shape index (κ1) is 14.9. The number of nitrogens with zero attached hydrogens (tertiary/aromatic N) is 2. The molecule has 7 heteroatoms. The van der Waals surface area contributed by atoms with E-state index in [0.29, 0.717) is 22.9 Å². The van der Waals surface area contributed by atoms with Crippen molar-refractivity contribution in [2.75, 3.05) is 32.7 Å². The molecule has 0 amide bonds. The molecule has 1 saturated heterocycles. The lowest BCUT2D eigenvalue weighted by Gasteiger charge is -2.33. The Bertz CT molecular complexity index is 531. The molecule has 0 unspecified atom stereocenters. The highest BCUT2D eigenvalue weighted by Crippen LogP contribution is 2.29. The van der Waals surface area contributed by atoms with Gasteiger partial charge in [-0.05, 0) is 24.4 Å². The van der Waals surface area contributed by atoms with E-state index in [2.05, 4.69) is 11.8 Å². The van der Waals surface area contributed by atoms with E-state index in [4.69, 9.17) is 0 Å². The molecule has 1 aromatic rings. The third kappa shape index (κ3) is 2.85. The Kier molecular flexibility index (Phi) is 4.62. The highest BCUT2D eigenvalue weighted by molar-refractivity contribution is 7.89. The third-order valence-corrected chi connectivity index (χ3v) is 6.86. The third-order valence-electron chi connectivity index (χ3n) is 3.51. The largest absolute Gasteiger partial charge is 0.391 e. The van der Waals surface area contributed by atoms with Gasteiger partial charge in [-0.1, -0.05) is 6.92 Å². The minimum atomic E-state index is -3.47. The number of rotatable bonds is 4. The summed E-state index contributed by atoms with van der Waals surface area (Å²) in [6, 6.07) is 0. The molecule has 0 aliphatic carbocycles. The summed E-state index contributed by atoms with van der Waals surface area (Å²) in [7, 11) is -3.47. The molecule has 0 spiro atoms. The predicted octanol–water partition coefficient (Wildman–Crippen LogP) is 0.875. The summed E-state index contributed by atoms with van der Waals surface area (Å²) >= 11 is 1.31. The normalized spacial score (nSPS) is 18.9. The Hall–Kier alpha value is -0.470. The molecule has 1 N–H and O–H groups in total. The van der Waals surface area contributed by atoms with Crippen LogP contribution in [0.1, 0.15) is 17.4 Å². The van der Waals surface area contributed by atoms with E-state index in [1.807, 2.05) is 0 Å². The Balaban J connectivity index is 2.26. The second-order valence-corrected chi connectivity index (χ2v) is 7.51. The summed E-state index contributed by atoms with van der Waals surface area (Å²) < 4.78 is 26.8. The number of thiophene rings is 1. The van der Waals surface area contributed by atoms with Crippen molar-refractivity contribution < 1.29 is 13.5 Å². The van der Waals surface area contributed by atoms with Crippen LogP contribution in [0, 0.1) is 6.92 Å². The van der Waals surface area contributed by atoms with Gasteiger partial charge in [0.25, 0.3) is 0 Å². The lowest BCUT2D eigenvalue weighted by Crippen LogP contribution is -2.48. The van der Waals surface area contributed by atoms with Gasteiger partial charge in [0.2, 0.25) is 10.0 Å². The van der Waals surface area contributed by atoms with E-state index in [9.17, 15) is 13.5 Å². The van der Waals surface area contributed by atoms with E-state index >= 15 is 0 Å². The highest BCUT2D eigenvalue weighted by atomic mass is 32.2. The van der Waals surface area contributed by atoms with Gasteiger partial charge < -0.3 is 10.0 Å². The number of piperazine rings is 1. The minimum Gasteiger partial charge on any atom is -0.391 e. The van der Waals surface area contributed by atoms with Crippen molar-refractivity contribution >= 4 is 21.4 Å². The second kappa shape index (κ2) is 5.88. The topological polar surface area (TPSA) is 60.9 Å². The molecular formula is C12H20N2O3S2. The molecule has 2 rings (SSSR count). The maximum absolute atomic E-state index is 12.6. The Morgan fingerprint density at radius 3 is 2.47 bits per heavy atom. The molecule has 0 radical (unpaired) electrons. The van der Waals surface area contributed by atoms with E-state index in [0.717, 1.165) is 25.2 Å². The molecule has 0 atom stereocenters. The van der Waals surface area contributed by atoms with Crippen LogP contribution in [0.4, 0.5) is 0 Å². The molecule has 1 fully saturated rings. The van der Waals surface area contributed by atoms with Crippen LogP contribution in [0.3, 0.4) is 0 Å². The van der Waals surface area contributed by atoms with Crippen molar-refractivity contribution in [1.29, 1.82) is 0 Å². The number of aliphatic hydroxyl groups is 1. The van der Waals surface area contributed by atoms with Crippen LogP contribution in [0.25, 0.3) is 0 Å². The second-order valence-electron chi connectivity index (χ2n) is 4.67. The first-order valence-electron chi connectivity index (χ1n) is 6.41. The SMILES string of the molecule is CCN1CCN(S(=O)(=O)c2c(C)csc2CO)CC1.